The summed E-state index contributed by atoms with van der Waals surface area (Å²) >= 11 is 12.4. The van der Waals surface area contributed by atoms with Crippen LogP contribution in [0.25, 0.3) is 10.9 Å². The van der Waals surface area contributed by atoms with Gasteiger partial charge in [-0.05, 0) is 41.3 Å². The van der Waals surface area contributed by atoms with E-state index in [1.807, 2.05) is 48.7 Å². The lowest BCUT2D eigenvalue weighted by atomic mass is 10.1. The third kappa shape index (κ3) is 2.42. The molecule has 1 heterocycles. The maximum absolute atomic E-state index is 9.17. The highest BCUT2D eigenvalue weighted by Gasteiger charge is 2.08. The zero-order valence-corrected chi connectivity index (χ0v) is 12.2. The van der Waals surface area contributed by atoms with E-state index in [2.05, 4.69) is 4.57 Å². The summed E-state index contributed by atoms with van der Waals surface area (Å²) in [5, 5.41) is 11.6. The molecule has 102 valence electrons. The van der Waals surface area contributed by atoms with Crippen LogP contribution in [0, 0.1) is 0 Å². The predicted octanol–water partition coefficient (Wildman–Crippen LogP) is 4.49. The first kappa shape index (κ1) is 13.5. The number of hydrogen-bond donors (Lipinski definition) is 1. The van der Waals surface area contributed by atoms with Crippen molar-refractivity contribution in [1.82, 2.24) is 4.57 Å². The molecule has 0 aliphatic rings. The summed E-state index contributed by atoms with van der Waals surface area (Å²) in [7, 11) is 0. The van der Waals surface area contributed by atoms with E-state index in [9.17, 15) is 5.11 Å². The second-order valence-corrected chi connectivity index (χ2v) is 5.51. The highest BCUT2D eigenvalue weighted by Crippen LogP contribution is 2.27. The van der Waals surface area contributed by atoms with Crippen LogP contribution in [-0.4, -0.2) is 9.67 Å². The molecule has 0 aliphatic carbocycles. The largest absolute Gasteiger partial charge is 0.392 e. The summed E-state index contributed by atoms with van der Waals surface area (Å²) in [6.07, 6.45) is 2.01. The Balaban J connectivity index is 2.03. The van der Waals surface area contributed by atoms with Gasteiger partial charge in [0.1, 0.15) is 0 Å². The standard InChI is InChI=1S/C16H13Cl2NO/c17-14-2-1-3-15(18)13(14)9-19-7-6-12-8-11(10-20)4-5-16(12)19/h1-8,20H,9-10H2. The van der Waals surface area contributed by atoms with E-state index in [1.54, 1.807) is 0 Å². The molecule has 0 amide bonds. The van der Waals surface area contributed by atoms with Gasteiger partial charge in [0.2, 0.25) is 0 Å². The lowest BCUT2D eigenvalue weighted by Crippen LogP contribution is -1.99. The van der Waals surface area contributed by atoms with Crippen molar-refractivity contribution in [1.29, 1.82) is 0 Å². The van der Waals surface area contributed by atoms with Crippen molar-refractivity contribution in [2.24, 2.45) is 0 Å². The molecule has 0 atom stereocenters. The SMILES string of the molecule is OCc1ccc2c(ccn2Cc2c(Cl)cccc2Cl)c1. The first-order valence-corrected chi connectivity index (χ1v) is 7.06. The Morgan fingerprint density at radius 1 is 1.00 bits per heavy atom. The van der Waals surface area contributed by atoms with Crippen molar-refractivity contribution in [3.05, 3.63) is 69.8 Å². The number of aromatic nitrogens is 1. The van der Waals surface area contributed by atoms with Gasteiger partial charge in [0.25, 0.3) is 0 Å². The van der Waals surface area contributed by atoms with Gasteiger partial charge >= 0.3 is 0 Å². The molecule has 3 aromatic rings. The van der Waals surface area contributed by atoms with Crippen LogP contribution in [0.5, 0.6) is 0 Å². The fourth-order valence-corrected chi connectivity index (χ4v) is 2.86. The molecule has 1 N–H and O–H groups in total. The summed E-state index contributed by atoms with van der Waals surface area (Å²) in [4.78, 5) is 0. The number of halogens is 2. The zero-order valence-electron chi connectivity index (χ0n) is 10.7. The van der Waals surface area contributed by atoms with E-state index in [-0.39, 0.29) is 6.61 Å². The first-order valence-electron chi connectivity index (χ1n) is 6.30. The van der Waals surface area contributed by atoms with Gasteiger partial charge < -0.3 is 9.67 Å². The quantitative estimate of drug-likeness (QED) is 0.758. The highest BCUT2D eigenvalue weighted by molar-refractivity contribution is 6.36. The van der Waals surface area contributed by atoms with Gasteiger partial charge in [0.05, 0.1) is 13.2 Å². The Labute approximate surface area is 127 Å². The number of aliphatic hydroxyl groups is 1. The van der Waals surface area contributed by atoms with Crippen LogP contribution in [0.3, 0.4) is 0 Å². The summed E-state index contributed by atoms with van der Waals surface area (Å²) < 4.78 is 2.10. The van der Waals surface area contributed by atoms with Crippen molar-refractivity contribution in [3.63, 3.8) is 0 Å². The van der Waals surface area contributed by atoms with Crippen LogP contribution in [0.1, 0.15) is 11.1 Å². The molecular weight excluding hydrogens is 293 g/mol. The van der Waals surface area contributed by atoms with Crippen molar-refractivity contribution in [3.8, 4) is 0 Å². The number of aliphatic hydroxyl groups excluding tert-OH is 1. The molecule has 1 aromatic heterocycles. The van der Waals surface area contributed by atoms with Gasteiger partial charge in [-0.3, -0.25) is 0 Å². The van der Waals surface area contributed by atoms with Crippen LogP contribution >= 0.6 is 23.2 Å². The second-order valence-electron chi connectivity index (χ2n) is 4.70. The number of fused-ring (bicyclic) bond motifs is 1. The number of hydrogen-bond acceptors (Lipinski definition) is 1. The number of rotatable bonds is 3. The third-order valence-electron chi connectivity index (χ3n) is 3.41. The van der Waals surface area contributed by atoms with Crippen LogP contribution < -0.4 is 0 Å². The molecule has 0 aliphatic heterocycles. The molecule has 0 fully saturated rings. The van der Waals surface area contributed by atoms with Crippen LogP contribution in [-0.2, 0) is 13.2 Å². The Bertz CT molecular complexity index is 744. The Morgan fingerprint density at radius 3 is 2.45 bits per heavy atom. The predicted molar refractivity (Wildman–Crippen MR) is 83.4 cm³/mol. The van der Waals surface area contributed by atoms with Crippen molar-refractivity contribution < 1.29 is 5.11 Å². The number of benzene rings is 2. The molecule has 0 spiro atoms. The topological polar surface area (TPSA) is 25.2 Å². The van der Waals surface area contributed by atoms with Crippen LogP contribution in [0.4, 0.5) is 0 Å². The first-order chi connectivity index (χ1) is 9.69. The maximum Gasteiger partial charge on any atom is 0.0682 e. The molecule has 0 radical (unpaired) electrons. The summed E-state index contributed by atoms with van der Waals surface area (Å²) in [6, 6.07) is 13.5. The monoisotopic (exact) mass is 305 g/mol. The van der Waals surface area contributed by atoms with E-state index in [4.69, 9.17) is 23.2 Å². The van der Waals surface area contributed by atoms with Crippen molar-refractivity contribution in [2.45, 2.75) is 13.2 Å². The van der Waals surface area contributed by atoms with E-state index in [1.165, 1.54) is 0 Å². The third-order valence-corrected chi connectivity index (χ3v) is 4.12. The zero-order chi connectivity index (χ0) is 14.1. The molecule has 3 rings (SSSR count). The minimum absolute atomic E-state index is 0.0530. The molecule has 0 saturated heterocycles. The Morgan fingerprint density at radius 2 is 1.75 bits per heavy atom. The molecule has 0 saturated carbocycles. The molecule has 4 heteroatoms. The van der Waals surface area contributed by atoms with Crippen LogP contribution in [0.2, 0.25) is 10.0 Å². The van der Waals surface area contributed by atoms with Gasteiger partial charge in [-0.15, -0.1) is 0 Å². The molecule has 0 unspecified atom stereocenters. The molecule has 2 nitrogen and oxygen atoms in total. The lowest BCUT2D eigenvalue weighted by Gasteiger charge is -2.09. The van der Waals surface area contributed by atoms with Gasteiger partial charge in [-0.1, -0.05) is 35.3 Å². The number of nitrogens with zero attached hydrogens (tertiary/aromatic N) is 1. The van der Waals surface area contributed by atoms with Gasteiger partial charge in [-0.25, -0.2) is 0 Å². The Kier molecular flexibility index (Phi) is 3.70. The normalized spacial score (nSPS) is 11.2. The second kappa shape index (κ2) is 5.49. The summed E-state index contributed by atoms with van der Waals surface area (Å²) in [6.45, 7) is 0.679. The highest BCUT2D eigenvalue weighted by atomic mass is 35.5. The smallest absolute Gasteiger partial charge is 0.0682 e. The fraction of sp³-hybridized carbons (Fsp3) is 0.125. The van der Waals surface area contributed by atoms with E-state index < -0.39 is 0 Å². The van der Waals surface area contributed by atoms with Gasteiger partial charge in [0, 0.05) is 27.3 Å². The lowest BCUT2D eigenvalue weighted by molar-refractivity contribution is 0.282. The van der Waals surface area contributed by atoms with Crippen molar-refractivity contribution in [2.75, 3.05) is 0 Å². The van der Waals surface area contributed by atoms with Crippen molar-refractivity contribution >= 4 is 34.1 Å². The van der Waals surface area contributed by atoms with E-state index in [0.717, 1.165) is 22.0 Å². The van der Waals surface area contributed by atoms with Crippen LogP contribution in [0.15, 0.2) is 48.7 Å². The van der Waals surface area contributed by atoms with E-state index in [0.29, 0.717) is 16.6 Å². The van der Waals surface area contributed by atoms with Gasteiger partial charge in [-0.2, -0.15) is 0 Å². The fourth-order valence-electron chi connectivity index (χ4n) is 2.34. The average molecular weight is 306 g/mol. The molecule has 0 bridgehead atoms. The summed E-state index contributed by atoms with van der Waals surface area (Å²) in [5.41, 5.74) is 2.92. The van der Waals surface area contributed by atoms with E-state index >= 15 is 0 Å². The maximum atomic E-state index is 9.17. The average Bonchev–Trinajstić information content (AvgIpc) is 2.85. The Hall–Kier alpha value is -1.48. The molecular formula is C16H13Cl2NO. The molecule has 2 aromatic carbocycles. The molecule has 20 heavy (non-hydrogen) atoms. The summed E-state index contributed by atoms with van der Waals surface area (Å²) in [5.74, 6) is 0. The van der Waals surface area contributed by atoms with Gasteiger partial charge in [0.15, 0.2) is 0 Å². The minimum Gasteiger partial charge on any atom is -0.392 e. The minimum atomic E-state index is 0.0530.